The molecule has 96 valence electrons. The molecule has 0 aliphatic rings. The molecule has 1 aromatic heterocycles. The Balaban J connectivity index is 2.39. The molecule has 1 heterocycles. The number of aromatic nitrogens is 2. The molecule has 0 saturated heterocycles. The van der Waals surface area contributed by atoms with Crippen molar-refractivity contribution in [3.63, 3.8) is 0 Å². The minimum atomic E-state index is -0.649. The molecule has 2 aromatic rings. The van der Waals surface area contributed by atoms with Crippen LogP contribution < -0.4 is 4.74 Å². The fourth-order valence-electron chi connectivity index (χ4n) is 2.14. The highest BCUT2D eigenvalue weighted by molar-refractivity contribution is 5.40. The van der Waals surface area contributed by atoms with Gasteiger partial charge in [0.2, 0.25) is 0 Å². The van der Waals surface area contributed by atoms with Gasteiger partial charge in [0.05, 0.1) is 12.8 Å². The molecule has 0 spiro atoms. The summed E-state index contributed by atoms with van der Waals surface area (Å²) in [7, 11) is 3.49. The van der Waals surface area contributed by atoms with E-state index in [9.17, 15) is 5.11 Å². The average Bonchev–Trinajstić information content (AvgIpc) is 2.67. The van der Waals surface area contributed by atoms with Crippen LogP contribution in [0.15, 0.2) is 24.4 Å². The fourth-order valence-corrected chi connectivity index (χ4v) is 2.14. The van der Waals surface area contributed by atoms with E-state index in [1.165, 1.54) is 0 Å². The number of hydrogen-bond donors (Lipinski definition) is 1. The van der Waals surface area contributed by atoms with Crippen molar-refractivity contribution in [1.82, 2.24) is 9.78 Å². The summed E-state index contributed by atoms with van der Waals surface area (Å²) in [6.45, 7) is 3.87. The summed E-state index contributed by atoms with van der Waals surface area (Å²) in [6.07, 6.45) is 1.20. The van der Waals surface area contributed by atoms with E-state index in [4.69, 9.17) is 4.74 Å². The van der Waals surface area contributed by atoms with E-state index in [2.05, 4.69) is 5.10 Å². The fraction of sp³-hybridized carbons (Fsp3) is 0.357. The van der Waals surface area contributed by atoms with Gasteiger partial charge >= 0.3 is 0 Å². The molecule has 0 aliphatic heterocycles. The number of hydrogen-bond acceptors (Lipinski definition) is 3. The van der Waals surface area contributed by atoms with E-state index >= 15 is 0 Å². The molecule has 1 atom stereocenters. The normalized spacial score (nSPS) is 12.5. The first-order valence-electron chi connectivity index (χ1n) is 5.85. The van der Waals surface area contributed by atoms with Crippen molar-refractivity contribution < 1.29 is 9.84 Å². The number of methoxy groups -OCH3 is 1. The van der Waals surface area contributed by atoms with E-state index in [1.807, 2.05) is 45.3 Å². The van der Waals surface area contributed by atoms with Crippen LogP contribution in [0.1, 0.15) is 28.5 Å². The lowest BCUT2D eigenvalue weighted by Crippen LogP contribution is -2.03. The maximum absolute atomic E-state index is 10.4. The zero-order chi connectivity index (χ0) is 13.3. The topological polar surface area (TPSA) is 47.3 Å². The van der Waals surface area contributed by atoms with Gasteiger partial charge in [0.25, 0.3) is 0 Å². The van der Waals surface area contributed by atoms with Crippen LogP contribution in [0.5, 0.6) is 5.75 Å². The molecule has 0 fully saturated rings. The van der Waals surface area contributed by atoms with E-state index in [0.29, 0.717) is 0 Å². The summed E-state index contributed by atoms with van der Waals surface area (Å²) in [5.74, 6) is 0.798. The molecule has 1 aromatic carbocycles. The Morgan fingerprint density at radius 3 is 2.50 bits per heavy atom. The third-order valence-corrected chi connectivity index (χ3v) is 3.12. The van der Waals surface area contributed by atoms with Gasteiger partial charge in [0, 0.05) is 18.8 Å². The van der Waals surface area contributed by atoms with Crippen LogP contribution in [0.3, 0.4) is 0 Å². The van der Waals surface area contributed by atoms with Crippen molar-refractivity contribution in [1.29, 1.82) is 0 Å². The third kappa shape index (κ3) is 2.24. The number of rotatable bonds is 3. The zero-order valence-electron chi connectivity index (χ0n) is 11.1. The molecule has 1 N–H and O–H groups in total. The molecule has 2 rings (SSSR count). The van der Waals surface area contributed by atoms with Crippen molar-refractivity contribution in [2.24, 2.45) is 7.05 Å². The molecule has 0 saturated carbocycles. The third-order valence-electron chi connectivity index (χ3n) is 3.12. The van der Waals surface area contributed by atoms with Crippen LogP contribution in [0.25, 0.3) is 0 Å². The highest BCUT2D eigenvalue weighted by Crippen LogP contribution is 2.28. The lowest BCUT2D eigenvalue weighted by Gasteiger charge is -2.14. The largest absolute Gasteiger partial charge is 0.497 e. The molecule has 4 heteroatoms. The number of aryl methyl sites for hydroxylation is 3. The molecule has 1 unspecified atom stereocenters. The van der Waals surface area contributed by atoms with Gasteiger partial charge in [-0.2, -0.15) is 5.10 Å². The smallest absolute Gasteiger partial charge is 0.119 e. The van der Waals surface area contributed by atoms with Gasteiger partial charge in [0.15, 0.2) is 0 Å². The second-order valence-corrected chi connectivity index (χ2v) is 4.47. The summed E-state index contributed by atoms with van der Waals surface area (Å²) >= 11 is 0. The highest BCUT2D eigenvalue weighted by atomic mass is 16.5. The Bertz CT molecular complexity index is 561. The first kappa shape index (κ1) is 12.6. The Morgan fingerprint density at radius 2 is 2.00 bits per heavy atom. The van der Waals surface area contributed by atoms with Crippen LogP contribution in [0.2, 0.25) is 0 Å². The van der Waals surface area contributed by atoms with Crippen LogP contribution in [0, 0.1) is 13.8 Å². The van der Waals surface area contributed by atoms with E-state index in [0.717, 1.165) is 28.1 Å². The number of ether oxygens (including phenoxy) is 1. The monoisotopic (exact) mass is 246 g/mol. The van der Waals surface area contributed by atoms with E-state index in [-0.39, 0.29) is 0 Å². The molecule has 4 nitrogen and oxygen atoms in total. The van der Waals surface area contributed by atoms with Gasteiger partial charge in [-0.1, -0.05) is 6.07 Å². The molecule has 0 amide bonds. The van der Waals surface area contributed by atoms with Gasteiger partial charge in [-0.3, -0.25) is 4.68 Å². The number of nitrogens with zero attached hydrogens (tertiary/aromatic N) is 2. The predicted octanol–water partition coefficient (Wildman–Crippen LogP) is 2.13. The number of aliphatic hydroxyl groups is 1. The van der Waals surface area contributed by atoms with Crippen LogP contribution in [0.4, 0.5) is 0 Å². The lowest BCUT2D eigenvalue weighted by atomic mass is 9.98. The maximum Gasteiger partial charge on any atom is 0.119 e. The minimum Gasteiger partial charge on any atom is -0.497 e. The zero-order valence-corrected chi connectivity index (χ0v) is 11.1. The van der Waals surface area contributed by atoms with Gasteiger partial charge < -0.3 is 9.84 Å². The van der Waals surface area contributed by atoms with Crippen LogP contribution in [-0.2, 0) is 7.05 Å². The molecular weight excluding hydrogens is 228 g/mol. The Hall–Kier alpha value is -1.81. The Morgan fingerprint density at radius 1 is 1.28 bits per heavy atom. The van der Waals surface area contributed by atoms with Crippen LogP contribution in [-0.4, -0.2) is 22.0 Å². The maximum atomic E-state index is 10.4. The number of aliphatic hydroxyl groups excluding tert-OH is 1. The second-order valence-electron chi connectivity index (χ2n) is 4.47. The second kappa shape index (κ2) is 4.82. The highest BCUT2D eigenvalue weighted by Gasteiger charge is 2.17. The van der Waals surface area contributed by atoms with Gasteiger partial charge in [0.1, 0.15) is 11.9 Å². The molecule has 0 aliphatic carbocycles. The van der Waals surface area contributed by atoms with Gasteiger partial charge in [-0.05, 0) is 37.1 Å². The Labute approximate surface area is 107 Å². The molecule has 0 radical (unpaired) electrons. The quantitative estimate of drug-likeness (QED) is 0.902. The number of benzene rings is 1. The summed E-state index contributed by atoms with van der Waals surface area (Å²) in [6, 6.07) is 5.67. The van der Waals surface area contributed by atoms with Crippen molar-refractivity contribution in [2.45, 2.75) is 20.0 Å². The lowest BCUT2D eigenvalue weighted by molar-refractivity contribution is 0.218. The predicted molar refractivity (Wildman–Crippen MR) is 69.7 cm³/mol. The van der Waals surface area contributed by atoms with Gasteiger partial charge in [-0.25, -0.2) is 0 Å². The average molecular weight is 246 g/mol. The summed E-state index contributed by atoms with van der Waals surface area (Å²) in [4.78, 5) is 0. The Kier molecular flexibility index (Phi) is 3.39. The molecule has 18 heavy (non-hydrogen) atoms. The standard InChI is InChI=1S/C14H18N2O2/c1-9-7-11(18-4)5-6-12(9)14(17)13-8-16(3)15-10(13)2/h5-8,14,17H,1-4H3. The van der Waals surface area contributed by atoms with Crippen LogP contribution >= 0.6 is 0 Å². The van der Waals surface area contributed by atoms with Crippen molar-refractivity contribution in [3.05, 3.63) is 46.8 Å². The minimum absolute atomic E-state index is 0.649. The first-order valence-corrected chi connectivity index (χ1v) is 5.85. The van der Waals surface area contributed by atoms with Crippen molar-refractivity contribution in [2.75, 3.05) is 7.11 Å². The van der Waals surface area contributed by atoms with E-state index in [1.54, 1.807) is 11.8 Å². The van der Waals surface area contributed by atoms with Gasteiger partial charge in [-0.15, -0.1) is 0 Å². The molecular formula is C14H18N2O2. The SMILES string of the molecule is COc1ccc(C(O)c2cn(C)nc2C)c(C)c1. The van der Waals surface area contributed by atoms with Crippen molar-refractivity contribution in [3.8, 4) is 5.75 Å². The molecule has 0 bridgehead atoms. The van der Waals surface area contributed by atoms with E-state index < -0.39 is 6.10 Å². The summed E-state index contributed by atoms with van der Waals surface area (Å²) in [5.41, 5.74) is 3.57. The summed E-state index contributed by atoms with van der Waals surface area (Å²) < 4.78 is 6.88. The first-order chi connectivity index (χ1) is 8.52. The van der Waals surface area contributed by atoms with Crippen molar-refractivity contribution >= 4 is 0 Å². The summed E-state index contributed by atoms with van der Waals surface area (Å²) in [5, 5.41) is 14.7.